The van der Waals surface area contributed by atoms with Crippen molar-refractivity contribution in [2.75, 3.05) is 6.61 Å². The highest BCUT2D eigenvalue weighted by molar-refractivity contribution is 5.98. The molecule has 2 amide bonds. The smallest absolute Gasteiger partial charge is 0.325 e. The average molecular weight is 336 g/mol. The number of nitrogens with one attached hydrogen (secondary N) is 2. The molecule has 0 aliphatic rings. The topological polar surface area (TPSA) is 105 Å². The molecule has 0 bridgehead atoms. The standard InChI is InChI=1S/C17H24N2O5/c1-11(16(22)23)18-15(21)13(10-24-17(2,3)4)19-14(20)12-8-6-5-7-9-12/h5-9,11,13H,10H2,1-4H3,(H,18,21)(H,19,20)(H,22,23)/t11-,13+/m0/s1. The second-order valence-corrected chi connectivity index (χ2v) is 6.38. The molecule has 24 heavy (non-hydrogen) atoms. The van der Waals surface area contributed by atoms with Crippen molar-refractivity contribution in [3.63, 3.8) is 0 Å². The number of ether oxygens (including phenoxy) is 1. The molecule has 132 valence electrons. The first-order chi connectivity index (χ1) is 11.1. The zero-order valence-corrected chi connectivity index (χ0v) is 14.3. The zero-order chi connectivity index (χ0) is 18.3. The first kappa shape index (κ1) is 19.6. The molecule has 1 aromatic rings. The van der Waals surface area contributed by atoms with E-state index in [-0.39, 0.29) is 6.61 Å². The predicted octanol–water partition coefficient (Wildman–Crippen LogP) is 1.19. The van der Waals surface area contributed by atoms with Crippen LogP contribution < -0.4 is 10.6 Å². The van der Waals surface area contributed by atoms with Crippen LogP contribution in [0.2, 0.25) is 0 Å². The molecular formula is C17H24N2O5. The summed E-state index contributed by atoms with van der Waals surface area (Å²) in [6.07, 6.45) is 0. The lowest BCUT2D eigenvalue weighted by molar-refractivity contribution is -0.142. The minimum absolute atomic E-state index is 0.0692. The lowest BCUT2D eigenvalue weighted by atomic mass is 10.1. The van der Waals surface area contributed by atoms with E-state index in [4.69, 9.17) is 9.84 Å². The van der Waals surface area contributed by atoms with Crippen LogP contribution in [0.4, 0.5) is 0 Å². The van der Waals surface area contributed by atoms with E-state index in [0.717, 1.165) is 0 Å². The third-order valence-electron chi connectivity index (χ3n) is 3.07. The highest BCUT2D eigenvalue weighted by Gasteiger charge is 2.26. The van der Waals surface area contributed by atoms with Crippen molar-refractivity contribution in [2.45, 2.75) is 45.4 Å². The van der Waals surface area contributed by atoms with Crippen molar-refractivity contribution < 1.29 is 24.2 Å². The van der Waals surface area contributed by atoms with Crippen molar-refractivity contribution in [2.24, 2.45) is 0 Å². The van der Waals surface area contributed by atoms with Crippen molar-refractivity contribution >= 4 is 17.8 Å². The van der Waals surface area contributed by atoms with E-state index in [9.17, 15) is 14.4 Å². The number of carbonyl (C=O) groups is 3. The van der Waals surface area contributed by atoms with Gasteiger partial charge in [-0.2, -0.15) is 0 Å². The number of hydrogen-bond acceptors (Lipinski definition) is 4. The normalized spacial score (nSPS) is 13.7. The quantitative estimate of drug-likeness (QED) is 0.694. The number of rotatable bonds is 7. The molecule has 1 rings (SSSR count). The van der Waals surface area contributed by atoms with Gasteiger partial charge in [-0.1, -0.05) is 18.2 Å². The van der Waals surface area contributed by atoms with E-state index in [1.165, 1.54) is 6.92 Å². The fraction of sp³-hybridized carbons (Fsp3) is 0.471. The molecule has 0 aliphatic heterocycles. The second-order valence-electron chi connectivity index (χ2n) is 6.38. The van der Waals surface area contributed by atoms with E-state index in [1.54, 1.807) is 30.3 Å². The number of carboxylic acids is 1. The molecule has 7 nitrogen and oxygen atoms in total. The zero-order valence-electron chi connectivity index (χ0n) is 14.3. The van der Waals surface area contributed by atoms with Crippen molar-refractivity contribution in [1.82, 2.24) is 10.6 Å². The number of hydrogen-bond donors (Lipinski definition) is 3. The van der Waals surface area contributed by atoms with Crippen molar-refractivity contribution in [1.29, 1.82) is 0 Å². The highest BCUT2D eigenvalue weighted by Crippen LogP contribution is 2.08. The summed E-state index contributed by atoms with van der Waals surface area (Å²) >= 11 is 0. The third kappa shape index (κ3) is 6.78. The summed E-state index contributed by atoms with van der Waals surface area (Å²) in [6.45, 7) is 6.74. The first-order valence-corrected chi connectivity index (χ1v) is 7.63. The Labute approximate surface area is 141 Å². The highest BCUT2D eigenvalue weighted by atomic mass is 16.5. The van der Waals surface area contributed by atoms with E-state index in [1.807, 2.05) is 20.8 Å². The van der Waals surface area contributed by atoms with Gasteiger partial charge in [-0.05, 0) is 39.8 Å². The van der Waals surface area contributed by atoms with Crippen LogP contribution in [0.1, 0.15) is 38.1 Å². The largest absolute Gasteiger partial charge is 0.480 e. The Morgan fingerprint density at radius 1 is 1.12 bits per heavy atom. The Balaban J connectivity index is 2.82. The van der Waals surface area contributed by atoms with Gasteiger partial charge in [0.05, 0.1) is 12.2 Å². The van der Waals surface area contributed by atoms with Crippen molar-refractivity contribution in [3.05, 3.63) is 35.9 Å². The molecule has 0 aliphatic carbocycles. The van der Waals surface area contributed by atoms with Gasteiger partial charge in [-0.3, -0.25) is 14.4 Å². The van der Waals surface area contributed by atoms with Crippen LogP contribution in [0.3, 0.4) is 0 Å². The lowest BCUT2D eigenvalue weighted by Gasteiger charge is -2.25. The van der Waals surface area contributed by atoms with E-state index in [0.29, 0.717) is 5.56 Å². The van der Waals surface area contributed by atoms with Crippen LogP contribution in [0.15, 0.2) is 30.3 Å². The van der Waals surface area contributed by atoms with Crippen molar-refractivity contribution in [3.8, 4) is 0 Å². The molecule has 0 saturated heterocycles. The van der Waals surface area contributed by atoms with E-state index < -0.39 is 35.5 Å². The second kappa shape index (κ2) is 8.44. The van der Waals surface area contributed by atoms with Gasteiger partial charge in [0.1, 0.15) is 12.1 Å². The maximum Gasteiger partial charge on any atom is 0.325 e. The van der Waals surface area contributed by atoms with Gasteiger partial charge in [-0.15, -0.1) is 0 Å². The molecule has 0 heterocycles. The molecule has 0 aromatic heterocycles. The maximum atomic E-state index is 12.3. The molecule has 0 unspecified atom stereocenters. The molecule has 0 spiro atoms. The Hall–Kier alpha value is -2.41. The maximum absolute atomic E-state index is 12.3. The summed E-state index contributed by atoms with van der Waals surface area (Å²) in [5, 5.41) is 13.8. The van der Waals surface area contributed by atoms with Crippen LogP contribution in [0.25, 0.3) is 0 Å². The molecule has 1 aromatic carbocycles. The van der Waals surface area contributed by atoms with Crippen LogP contribution in [-0.2, 0) is 14.3 Å². The minimum atomic E-state index is -1.16. The number of aliphatic carboxylic acids is 1. The van der Waals surface area contributed by atoms with Crippen LogP contribution in [0.5, 0.6) is 0 Å². The summed E-state index contributed by atoms with van der Waals surface area (Å²) in [5.74, 6) is -2.21. The molecule has 0 saturated carbocycles. The van der Waals surface area contributed by atoms with Gasteiger partial charge in [0.25, 0.3) is 5.91 Å². The van der Waals surface area contributed by atoms with Gasteiger partial charge in [0, 0.05) is 5.56 Å². The van der Waals surface area contributed by atoms with E-state index in [2.05, 4.69) is 10.6 Å². The summed E-state index contributed by atoms with van der Waals surface area (Å²) in [6, 6.07) is 6.37. The summed E-state index contributed by atoms with van der Waals surface area (Å²) < 4.78 is 5.57. The number of benzene rings is 1. The number of amides is 2. The van der Waals surface area contributed by atoms with Crippen LogP contribution in [-0.4, -0.2) is 47.2 Å². The molecule has 2 atom stereocenters. The minimum Gasteiger partial charge on any atom is -0.480 e. The Bertz CT molecular complexity index is 580. The first-order valence-electron chi connectivity index (χ1n) is 7.63. The van der Waals surface area contributed by atoms with Gasteiger partial charge >= 0.3 is 5.97 Å². The fourth-order valence-electron chi connectivity index (χ4n) is 1.72. The van der Waals surface area contributed by atoms with Crippen LogP contribution >= 0.6 is 0 Å². The molecule has 0 radical (unpaired) electrons. The number of carboxylic acid groups (broad SMARTS) is 1. The van der Waals surface area contributed by atoms with Gasteiger partial charge in [0.15, 0.2) is 0 Å². The molecule has 7 heteroatoms. The lowest BCUT2D eigenvalue weighted by Crippen LogP contribution is -2.53. The van der Waals surface area contributed by atoms with Gasteiger partial charge in [0.2, 0.25) is 5.91 Å². The Morgan fingerprint density at radius 2 is 1.71 bits per heavy atom. The SMILES string of the molecule is C[C@H](NC(=O)[C@@H](COC(C)(C)C)NC(=O)c1ccccc1)C(=O)O. The van der Waals surface area contributed by atoms with Gasteiger partial charge < -0.3 is 20.5 Å². The number of carbonyl (C=O) groups excluding carboxylic acids is 2. The molecule has 0 fully saturated rings. The van der Waals surface area contributed by atoms with Gasteiger partial charge in [-0.25, -0.2) is 0 Å². The van der Waals surface area contributed by atoms with E-state index >= 15 is 0 Å². The third-order valence-corrected chi connectivity index (χ3v) is 3.07. The fourth-order valence-corrected chi connectivity index (χ4v) is 1.72. The predicted molar refractivity (Wildman–Crippen MR) is 88.6 cm³/mol. The monoisotopic (exact) mass is 336 g/mol. The Kier molecular flexibility index (Phi) is 6.91. The molecule has 3 N–H and O–H groups in total. The summed E-state index contributed by atoms with van der Waals surface area (Å²) in [4.78, 5) is 35.4. The van der Waals surface area contributed by atoms with Crippen LogP contribution in [0, 0.1) is 0 Å². The summed E-state index contributed by atoms with van der Waals surface area (Å²) in [5.41, 5.74) is -0.105. The summed E-state index contributed by atoms with van der Waals surface area (Å²) in [7, 11) is 0. The molecular weight excluding hydrogens is 312 g/mol. The average Bonchev–Trinajstić information content (AvgIpc) is 2.50. The Morgan fingerprint density at radius 3 is 2.21 bits per heavy atom.